The molecule has 0 unspecified atom stereocenters. The molecule has 0 amide bonds. The van der Waals surface area contributed by atoms with Crippen LogP contribution in [-0.4, -0.2) is 24.1 Å². The third-order valence-corrected chi connectivity index (χ3v) is 5.45. The van der Waals surface area contributed by atoms with E-state index in [4.69, 9.17) is 9.47 Å². The smallest absolute Gasteiger partial charge is 0.309 e. The second-order valence-electron chi connectivity index (χ2n) is 7.32. The molecule has 1 aliphatic carbocycles. The summed E-state index contributed by atoms with van der Waals surface area (Å²) < 4.78 is 11.3. The Labute approximate surface area is 145 Å². The summed E-state index contributed by atoms with van der Waals surface area (Å²) in [6.07, 6.45) is 7.00. The molecule has 0 N–H and O–H groups in total. The third-order valence-electron chi connectivity index (χ3n) is 5.45. The normalized spacial score (nSPS) is 36.5. The Bertz CT molecular complexity index is 546. The number of carbonyl (C=O) groups excluding carboxylic acids is 2. The topological polar surface area (TPSA) is 52.6 Å². The minimum atomic E-state index is -0.283. The lowest BCUT2D eigenvalue weighted by Gasteiger charge is -2.24. The van der Waals surface area contributed by atoms with Crippen molar-refractivity contribution >= 4 is 11.9 Å². The Morgan fingerprint density at radius 1 is 1.42 bits per heavy atom. The molecule has 0 aromatic carbocycles. The van der Waals surface area contributed by atoms with E-state index in [2.05, 4.69) is 13.0 Å². The van der Waals surface area contributed by atoms with Gasteiger partial charge in [-0.3, -0.25) is 9.59 Å². The first-order valence-corrected chi connectivity index (χ1v) is 9.08. The molecule has 1 aliphatic heterocycles. The Hall–Kier alpha value is -1.58. The van der Waals surface area contributed by atoms with Crippen molar-refractivity contribution in [3.8, 4) is 0 Å². The van der Waals surface area contributed by atoms with Crippen molar-refractivity contribution in [1.82, 2.24) is 0 Å². The van der Waals surface area contributed by atoms with Crippen molar-refractivity contribution in [1.29, 1.82) is 0 Å². The second kappa shape index (κ2) is 8.00. The van der Waals surface area contributed by atoms with Crippen molar-refractivity contribution < 1.29 is 19.1 Å². The standard InChI is InChI=1S/C20H30O4/c1-6-13(3)19(21)23-17-10-8-12(2)7-9-16-15(5)20(22)24-18(16)11-14(17)4/h8,11,13,15-18H,6-7,9-10H2,1-5H3/b12-8+,14-11+/t13-,15-,16+,17+,18+/m1/s1. The van der Waals surface area contributed by atoms with Gasteiger partial charge in [-0.25, -0.2) is 0 Å². The van der Waals surface area contributed by atoms with E-state index in [1.165, 1.54) is 5.57 Å². The zero-order valence-corrected chi connectivity index (χ0v) is 15.5. The molecule has 4 heteroatoms. The summed E-state index contributed by atoms with van der Waals surface area (Å²) in [6.45, 7) is 9.88. The Morgan fingerprint density at radius 3 is 2.79 bits per heavy atom. The first kappa shape index (κ1) is 18.8. The molecular formula is C20H30O4. The Balaban J connectivity index is 2.24. The van der Waals surface area contributed by atoms with E-state index in [9.17, 15) is 9.59 Å². The molecule has 0 aromatic rings. The van der Waals surface area contributed by atoms with Gasteiger partial charge in [-0.05, 0) is 44.8 Å². The molecular weight excluding hydrogens is 304 g/mol. The summed E-state index contributed by atoms with van der Waals surface area (Å²) in [5.74, 6) is -0.266. The van der Waals surface area contributed by atoms with Crippen LogP contribution in [0.25, 0.3) is 0 Å². The molecule has 0 spiro atoms. The van der Waals surface area contributed by atoms with Crippen LogP contribution in [-0.2, 0) is 19.1 Å². The van der Waals surface area contributed by atoms with E-state index in [-0.39, 0.29) is 41.9 Å². The first-order chi connectivity index (χ1) is 11.3. The van der Waals surface area contributed by atoms with Gasteiger partial charge in [0.1, 0.15) is 12.2 Å². The zero-order chi connectivity index (χ0) is 17.9. The molecule has 2 rings (SSSR count). The van der Waals surface area contributed by atoms with Gasteiger partial charge in [0, 0.05) is 12.3 Å². The summed E-state index contributed by atoms with van der Waals surface area (Å²) in [5, 5.41) is 0. The molecule has 5 atom stereocenters. The van der Waals surface area contributed by atoms with Crippen LogP contribution in [0.15, 0.2) is 23.3 Å². The molecule has 1 heterocycles. The second-order valence-corrected chi connectivity index (χ2v) is 7.32. The fraction of sp³-hybridized carbons (Fsp3) is 0.700. The van der Waals surface area contributed by atoms with Gasteiger partial charge in [-0.2, -0.15) is 0 Å². The summed E-state index contributed by atoms with van der Waals surface area (Å²) in [7, 11) is 0. The third kappa shape index (κ3) is 4.28. The molecule has 2 aliphatic rings. The van der Waals surface area contributed by atoms with Gasteiger partial charge in [0.2, 0.25) is 0 Å². The van der Waals surface area contributed by atoms with E-state index >= 15 is 0 Å². The van der Waals surface area contributed by atoms with E-state index in [1.54, 1.807) is 0 Å². The lowest BCUT2D eigenvalue weighted by Crippen LogP contribution is -2.26. The average molecular weight is 334 g/mol. The van der Waals surface area contributed by atoms with Crippen LogP contribution in [0.2, 0.25) is 0 Å². The van der Waals surface area contributed by atoms with Crippen LogP contribution in [0.4, 0.5) is 0 Å². The number of allylic oxidation sites excluding steroid dienone is 1. The predicted molar refractivity (Wildman–Crippen MR) is 93.2 cm³/mol. The molecule has 0 saturated carbocycles. The Morgan fingerprint density at radius 2 is 2.12 bits per heavy atom. The fourth-order valence-electron chi connectivity index (χ4n) is 3.28. The van der Waals surface area contributed by atoms with E-state index in [0.717, 1.165) is 24.8 Å². The molecule has 134 valence electrons. The van der Waals surface area contributed by atoms with E-state index in [1.807, 2.05) is 33.8 Å². The van der Waals surface area contributed by atoms with E-state index < -0.39 is 0 Å². The lowest BCUT2D eigenvalue weighted by atomic mass is 9.84. The predicted octanol–water partition coefficient (Wildman–Crippen LogP) is 4.20. The van der Waals surface area contributed by atoms with Crippen molar-refractivity contribution in [3.05, 3.63) is 23.3 Å². The monoisotopic (exact) mass is 334 g/mol. The number of rotatable bonds is 3. The first-order valence-electron chi connectivity index (χ1n) is 9.08. The number of esters is 2. The van der Waals surface area contributed by atoms with Gasteiger partial charge in [0.25, 0.3) is 0 Å². The van der Waals surface area contributed by atoms with Crippen LogP contribution in [0, 0.1) is 17.8 Å². The van der Waals surface area contributed by atoms with Crippen LogP contribution in [0.5, 0.6) is 0 Å². The summed E-state index contributed by atoms with van der Waals surface area (Å²) in [4.78, 5) is 24.2. The maximum absolute atomic E-state index is 12.2. The van der Waals surface area contributed by atoms with Gasteiger partial charge >= 0.3 is 11.9 Å². The number of hydrogen-bond donors (Lipinski definition) is 0. The molecule has 0 aromatic heterocycles. The van der Waals surface area contributed by atoms with Crippen molar-refractivity contribution in [2.24, 2.45) is 17.8 Å². The quantitative estimate of drug-likeness (QED) is 0.573. The van der Waals surface area contributed by atoms with E-state index in [0.29, 0.717) is 6.42 Å². The average Bonchev–Trinajstić information content (AvgIpc) is 2.81. The minimum Gasteiger partial charge on any atom is -0.458 e. The molecule has 1 fully saturated rings. The highest BCUT2D eigenvalue weighted by Crippen LogP contribution is 2.35. The fourth-order valence-corrected chi connectivity index (χ4v) is 3.28. The summed E-state index contributed by atoms with van der Waals surface area (Å²) in [5.41, 5.74) is 2.24. The maximum atomic E-state index is 12.2. The molecule has 0 radical (unpaired) electrons. The highest BCUT2D eigenvalue weighted by Gasteiger charge is 2.40. The van der Waals surface area contributed by atoms with Crippen molar-refractivity contribution in [2.45, 2.75) is 72.5 Å². The molecule has 1 saturated heterocycles. The van der Waals surface area contributed by atoms with Gasteiger partial charge in [-0.1, -0.05) is 32.4 Å². The van der Waals surface area contributed by atoms with Crippen molar-refractivity contribution in [2.75, 3.05) is 0 Å². The van der Waals surface area contributed by atoms with Gasteiger partial charge in [-0.15, -0.1) is 0 Å². The largest absolute Gasteiger partial charge is 0.458 e. The van der Waals surface area contributed by atoms with Crippen LogP contribution in [0.3, 0.4) is 0 Å². The van der Waals surface area contributed by atoms with Gasteiger partial charge in [0.05, 0.1) is 11.8 Å². The number of ether oxygens (including phenoxy) is 2. The number of carbonyl (C=O) groups is 2. The van der Waals surface area contributed by atoms with Crippen molar-refractivity contribution in [3.63, 3.8) is 0 Å². The maximum Gasteiger partial charge on any atom is 0.309 e. The number of fused-ring (bicyclic) bond motifs is 1. The van der Waals surface area contributed by atoms with Crippen LogP contribution in [0.1, 0.15) is 60.3 Å². The minimum absolute atomic E-state index is 0.0765. The summed E-state index contributed by atoms with van der Waals surface area (Å²) >= 11 is 0. The molecule has 0 bridgehead atoms. The molecule has 24 heavy (non-hydrogen) atoms. The molecule has 4 nitrogen and oxygen atoms in total. The SMILES string of the molecule is CC[C@@H](C)C(=O)O[C@H]1C/C=C(\C)CC[C@@H]2[C@H](/C=C/1C)OC(=O)[C@@H]2C. The highest BCUT2D eigenvalue weighted by atomic mass is 16.6. The Kier molecular flexibility index (Phi) is 6.25. The number of hydrogen-bond acceptors (Lipinski definition) is 4. The zero-order valence-electron chi connectivity index (χ0n) is 15.5. The highest BCUT2D eigenvalue weighted by molar-refractivity contribution is 5.75. The van der Waals surface area contributed by atoms with Crippen LogP contribution >= 0.6 is 0 Å². The summed E-state index contributed by atoms with van der Waals surface area (Å²) in [6, 6.07) is 0. The van der Waals surface area contributed by atoms with Gasteiger partial charge in [0.15, 0.2) is 0 Å². The lowest BCUT2D eigenvalue weighted by molar-refractivity contribution is -0.152. The van der Waals surface area contributed by atoms with Crippen LogP contribution < -0.4 is 0 Å². The van der Waals surface area contributed by atoms with Gasteiger partial charge < -0.3 is 9.47 Å².